The maximum atomic E-state index is 6.03. The largest absolute Gasteiger partial charge is 0.459 e. The molecular weight excluding hydrogens is 364 g/mol. The normalized spacial score (nSPS) is 21.4. The minimum atomic E-state index is 0.0395. The van der Waals surface area contributed by atoms with Gasteiger partial charge in [-0.3, -0.25) is 9.89 Å². The average Bonchev–Trinajstić information content (AvgIpc) is 3.43. The summed E-state index contributed by atoms with van der Waals surface area (Å²) in [6, 6.07) is 10.3. The minimum Gasteiger partial charge on any atom is -0.459 e. The lowest BCUT2D eigenvalue weighted by Gasteiger charge is -2.43. The maximum Gasteiger partial charge on any atom is 0.191 e. The highest BCUT2D eigenvalue weighted by Crippen LogP contribution is 2.31. The average molecular weight is 399 g/mol. The van der Waals surface area contributed by atoms with E-state index < -0.39 is 0 Å². The molecule has 4 rings (SSSR count). The molecule has 6 nitrogen and oxygen atoms in total. The van der Waals surface area contributed by atoms with Gasteiger partial charge in [0.1, 0.15) is 11.3 Å². The van der Waals surface area contributed by atoms with Crippen molar-refractivity contribution in [3.05, 3.63) is 36.1 Å². The third-order valence-corrected chi connectivity index (χ3v) is 6.30. The number of likely N-dealkylation sites (tertiary alicyclic amines) is 1. The first kappa shape index (κ1) is 20.2. The number of ether oxygens (including phenoxy) is 1. The molecule has 2 aliphatic rings. The lowest BCUT2D eigenvalue weighted by atomic mass is 9.88. The van der Waals surface area contributed by atoms with Crippen LogP contribution in [0.3, 0.4) is 0 Å². The van der Waals surface area contributed by atoms with E-state index in [-0.39, 0.29) is 11.6 Å². The molecule has 158 valence electrons. The van der Waals surface area contributed by atoms with Gasteiger partial charge < -0.3 is 19.8 Å². The molecule has 0 amide bonds. The van der Waals surface area contributed by atoms with Crippen molar-refractivity contribution in [1.29, 1.82) is 0 Å². The van der Waals surface area contributed by atoms with Crippen molar-refractivity contribution in [2.45, 2.75) is 51.1 Å². The van der Waals surface area contributed by atoms with E-state index in [1.807, 2.05) is 18.2 Å². The van der Waals surface area contributed by atoms with Crippen LogP contribution in [0.1, 0.15) is 51.3 Å². The van der Waals surface area contributed by atoms with Gasteiger partial charge in [-0.15, -0.1) is 0 Å². The lowest BCUT2D eigenvalue weighted by Crippen LogP contribution is -2.54. The summed E-state index contributed by atoms with van der Waals surface area (Å²) in [4.78, 5) is 7.69. The maximum absolute atomic E-state index is 6.03. The molecule has 2 N–H and O–H groups in total. The molecule has 0 spiro atoms. The molecule has 1 aromatic carbocycles. The Labute approximate surface area is 173 Å². The van der Waals surface area contributed by atoms with Crippen LogP contribution in [-0.2, 0) is 4.74 Å². The molecule has 2 fully saturated rings. The van der Waals surface area contributed by atoms with E-state index in [0.29, 0.717) is 0 Å². The minimum absolute atomic E-state index is 0.0395. The number of hydrogen-bond donors (Lipinski definition) is 2. The van der Waals surface area contributed by atoms with Gasteiger partial charge in [0.2, 0.25) is 0 Å². The van der Waals surface area contributed by atoms with Gasteiger partial charge in [0.15, 0.2) is 5.96 Å². The second-order valence-electron chi connectivity index (χ2n) is 8.28. The number of guanidine groups is 1. The van der Waals surface area contributed by atoms with Gasteiger partial charge in [-0.25, -0.2) is 0 Å². The van der Waals surface area contributed by atoms with Gasteiger partial charge in [0, 0.05) is 30.7 Å². The van der Waals surface area contributed by atoms with Crippen LogP contribution in [0.2, 0.25) is 0 Å². The lowest BCUT2D eigenvalue weighted by molar-refractivity contribution is -0.0139. The summed E-state index contributed by atoms with van der Waals surface area (Å²) in [5.74, 6) is 1.78. The van der Waals surface area contributed by atoms with Crippen LogP contribution in [0.15, 0.2) is 39.7 Å². The Balaban J connectivity index is 1.48. The number of fused-ring (bicyclic) bond motifs is 1. The molecule has 1 unspecified atom stereocenters. The standard InChI is InChI=1S/C23H34N4O2/c1-3-24-22(26-18(2)21-16-19-8-4-5-9-20(19)29-21)25-17-23(10-14-28-15-11-23)27-12-6-7-13-27/h4-5,8-9,16,18H,3,6-7,10-15,17H2,1-2H3,(H2,24,25,26). The van der Waals surface area contributed by atoms with Crippen LogP contribution in [0.25, 0.3) is 11.0 Å². The van der Waals surface area contributed by atoms with Crippen molar-refractivity contribution in [3.8, 4) is 0 Å². The number of nitrogens with one attached hydrogen (secondary N) is 2. The van der Waals surface area contributed by atoms with Gasteiger partial charge in [-0.1, -0.05) is 18.2 Å². The fourth-order valence-corrected chi connectivity index (χ4v) is 4.56. The zero-order valence-electron chi connectivity index (χ0n) is 17.7. The van der Waals surface area contributed by atoms with Crippen molar-refractivity contribution in [1.82, 2.24) is 15.5 Å². The second-order valence-corrected chi connectivity index (χ2v) is 8.28. The van der Waals surface area contributed by atoms with Gasteiger partial charge >= 0.3 is 0 Å². The van der Waals surface area contributed by atoms with Crippen LogP contribution in [0.5, 0.6) is 0 Å². The summed E-state index contributed by atoms with van der Waals surface area (Å²) in [5, 5.41) is 8.08. The predicted octanol–water partition coefficient (Wildman–Crippen LogP) is 3.69. The summed E-state index contributed by atoms with van der Waals surface area (Å²) in [7, 11) is 0. The molecule has 0 radical (unpaired) electrons. The van der Waals surface area contributed by atoms with E-state index >= 15 is 0 Å². The first-order valence-corrected chi connectivity index (χ1v) is 11.1. The van der Waals surface area contributed by atoms with E-state index in [4.69, 9.17) is 14.1 Å². The van der Waals surface area contributed by atoms with Crippen LogP contribution < -0.4 is 10.6 Å². The Hall–Kier alpha value is -2.05. The van der Waals surface area contributed by atoms with Crippen LogP contribution in [-0.4, -0.2) is 55.8 Å². The van der Waals surface area contributed by atoms with Crippen LogP contribution in [0.4, 0.5) is 0 Å². The number of nitrogens with zero attached hydrogens (tertiary/aromatic N) is 2. The monoisotopic (exact) mass is 398 g/mol. The van der Waals surface area contributed by atoms with Crippen molar-refractivity contribution >= 4 is 16.9 Å². The fourth-order valence-electron chi connectivity index (χ4n) is 4.56. The molecule has 0 aliphatic carbocycles. The first-order chi connectivity index (χ1) is 14.2. The molecule has 0 bridgehead atoms. The number of benzene rings is 1. The Morgan fingerprint density at radius 2 is 1.97 bits per heavy atom. The molecule has 1 atom stereocenters. The topological polar surface area (TPSA) is 62.0 Å². The highest BCUT2D eigenvalue weighted by atomic mass is 16.5. The molecule has 2 aliphatic heterocycles. The third kappa shape index (κ3) is 4.59. The Bertz CT molecular complexity index is 786. The second kappa shape index (κ2) is 9.18. The van der Waals surface area contributed by atoms with E-state index in [9.17, 15) is 0 Å². The molecule has 29 heavy (non-hydrogen) atoms. The van der Waals surface area contributed by atoms with Crippen LogP contribution in [0, 0.1) is 0 Å². The fraction of sp³-hybridized carbons (Fsp3) is 0.609. The molecule has 3 heterocycles. The van der Waals surface area contributed by atoms with Gasteiger partial charge in [0.25, 0.3) is 0 Å². The Kier molecular flexibility index (Phi) is 6.40. The number of furan rings is 1. The summed E-state index contributed by atoms with van der Waals surface area (Å²) in [6.45, 7) is 9.92. The van der Waals surface area contributed by atoms with E-state index in [1.165, 1.54) is 25.9 Å². The molecule has 2 saturated heterocycles. The van der Waals surface area contributed by atoms with Crippen molar-refractivity contribution in [2.75, 3.05) is 39.4 Å². The SMILES string of the molecule is CCNC(=NCC1(N2CCCC2)CCOCC1)NC(C)c1cc2ccccc2o1. The Morgan fingerprint density at radius 3 is 2.69 bits per heavy atom. The summed E-state index contributed by atoms with van der Waals surface area (Å²) in [6.07, 6.45) is 4.73. The van der Waals surface area contributed by atoms with E-state index in [1.54, 1.807) is 0 Å². The van der Waals surface area contributed by atoms with Gasteiger partial charge in [0.05, 0.1) is 12.6 Å². The number of para-hydroxylation sites is 1. The molecule has 1 aromatic heterocycles. The summed E-state index contributed by atoms with van der Waals surface area (Å²) in [5.41, 5.74) is 1.06. The Morgan fingerprint density at radius 1 is 1.21 bits per heavy atom. The molecule has 6 heteroatoms. The number of hydrogen-bond acceptors (Lipinski definition) is 4. The van der Waals surface area contributed by atoms with Gasteiger partial charge in [-0.05, 0) is 64.8 Å². The van der Waals surface area contributed by atoms with Crippen molar-refractivity contribution in [2.24, 2.45) is 4.99 Å². The van der Waals surface area contributed by atoms with E-state index in [2.05, 4.69) is 41.5 Å². The highest BCUT2D eigenvalue weighted by Gasteiger charge is 2.39. The smallest absolute Gasteiger partial charge is 0.191 e. The number of aliphatic imine (C=N–C) groups is 1. The van der Waals surface area contributed by atoms with Crippen molar-refractivity contribution in [3.63, 3.8) is 0 Å². The van der Waals surface area contributed by atoms with Crippen LogP contribution >= 0.6 is 0 Å². The van der Waals surface area contributed by atoms with Gasteiger partial charge in [-0.2, -0.15) is 0 Å². The summed E-state index contributed by atoms with van der Waals surface area (Å²) < 4.78 is 11.7. The first-order valence-electron chi connectivity index (χ1n) is 11.1. The molecule has 2 aromatic rings. The summed E-state index contributed by atoms with van der Waals surface area (Å²) >= 11 is 0. The van der Waals surface area contributed by atoms with Crippen molar-refractivity contribution < 1.29 is 9.15 Å². The van der Waals surface area contributed by atoms with E-state index in [0.717, 1.165) is 61.8 Å². The quantitative estimate of drug-likeness (QED) is 0.574. The predicted molar refractivity (Wildman–Crippen MR) is 117 cm³/mol. The molecule has 0 saturated carbocycles. The highest BCUT2D eigenvalue weighted by molar-refractivity contribution is 5.81. The zero-order chi connectivity index (χ0) is 20.1. The zero-order valence-corrected chi connectivity index (χ0v) is 17.7. The number of rotatable bonds is 6. The molecular formula is C23H34N4O2. The third-order valence-electron chi connectivity index (χ3n) is 6.30.